The van der Waals surface area contributed by atoms with Crippen LogP contribution in [0.25, 0.3) is 0 Å². The summed E-state index contributed by atoms with van der Waals surface area (Å²) in [7, 11) is 0. The minimum atomic E-state index is -1.23. The number of carbonyl (C=O) groups is 3. The van der Waals surface area contributed by atoms with Gasteiger partial charge >= 0.3 is 170 Å². The molecule has 1 aromatic heterocycles. The minimum absolute atomic E-state index is 0.0991. The first-order valence-electron chi connectivity index (χ1n) is 11.5. The maximum absolute atomic E-state index is 13.1. The molecule has 6 N–H and O–H groups in total. The number of hydrogen-bond donors (Lipinski definition) is 4. The largest absolute Gasteiger partial charge is 0.384 e. The van der Waals surface area contributed by atoms with Gasteiger partial charge in [-0.05, 0) is 6.08 Å². The molecule has 1 aromatic rings. The van der Waals surface area contributed by atoms with E-state index < -0.39 is 35.4 Å². The molecule has 4 atom stereocenters. The van der Waals surface area contributed by atoms with Crippen molar-refractivity contribution in [1.82, 2.24) is 24.5 Å². The second-order valence-corrected chi connectivity index (χ2v) is 13.0. The molecule has 4 heterocycles. The van der Waals surface area contributed by atoms with Gasteiger partial charge in [0.25, 0.3) is 0 Å². The number of fused-ring (bicyclic) bond motifs is 1. The Kier molecular flexibility index (Phi) is 9.38. The summed E-state index contributed by atoms with van der Waals surface area (Å²) >= 11 is 5.00. The van der Waals surface area contributed by atoms with Gasteiger partial charge in [0.1, 0.15) is 12.0 Å². The molecule has 0 bridgehead atoms. The first kappa shape index (κ1) is 29.1. The second kappa shape index (κ2) is 12.5. The Bertz CT molecular complexity index is 1310. The summed E-state index contributed by atoms with van der Waals surface area (Å²) in [6.07, 6.45) is 2.79. The van der Waals surface area contributed by atoms with Crippen molar-refractivity contribution in [2.45, 2.75) is 24.5 Å². The SMILES string of the molecule is C=CCN1C(SCC2=C(C(=O)O)N3C(=O)C(NC(=O)/C(=N\OCC)c4nsc([AsH2])n4)[C@@H]3SC2)=NC(N)=CC1N. The summed E-state index contributed by atoms with van der Waals surface area (Å²) in [4.78, 5) is 55.0. The van der Waals surface area contributed by atoms with Crippen LogP contribution >= 0.6 is 35.1 Å². The maximum atomic E-state index is 13.1. The monoisotopic (exact) mass is 655 g/mol. The van der Waals surface area contributed by atoms with Gasteiger partial charge in [-0.1, -0.05) is 17.8 Å². The van der Waals surface area contributed by atoms with Crippen LogP contribution in [0, 0.1) is 0 Å². The average Bonchev–Trinajstić information content (AvgIpc) is 3.32. The molecule has 3 aliphatic heterocycles. The number of carboxylic acids is 1. The molecular weight excluding hydrogens is 629 g/mol. The fraction of sp³-hybridized carbons (Fsp3) is 0.381. The van der Waals surface area contributed by atoms with Crippen molar-refractivity contribution in [1.29, 1.82) is 0 Å². The van der Waals surface area contributed by atoms with Gasteiger partial charge in [-0.3, -0.25) is 0 Å². The average molecular weight is 656 g/mol. The van der Waals surface area contributed by atoms with E-state index in [0.29, 0.717) is 26.8 Å². The van der Waals surface area contributed by atoms with Gasteiger partial charge in [-0.2, -0.15) is 0 Å². The van der Waals surface area contributed by atoms with Crippen molar-refractivity contribution in [3.05, 3.63) is 41.6 Å². The van der Waals surface area contributed by atoms with Crippen LogP contribution in [0.15, 0.2) is 46.0 Å². The van der Waals surface area contributed by atoms with E-state index in [1.165, 1.54) is 45.3 Å². The van der Waals surface area contributed by atoms with Crippen LogP contribution in [-0.4, -0.2) is 112 Å². The number of aliphatic imine (C=N–C) groups is 1. The van der Waals surface area contributed by atoms with Crippen molar-refractivity contribution in [3.63, 3.8) is 0 Å². The molecule has 1 saturated heterocycles. The molecule has 1 fully saturated rings. The van der Waals surface area contributed by atoms with Crippen molar-refractivity contribution in [3.8, 4) is 0 Å². The summed E-state index contributed by atoms with van der Waals surface area (Å²) in [6, 6.07) is -0.949. The number of nitrogens with zero attached hydrogens (tertiary/aromatic N) is 6. The zero-order chi connectivity index (χ0) is 28.3. The van der Waals surface area contributed by atoms with Crippen molar-refractivity contribution >= 4 is 84.4 Å². The Labute approximate surface area is 244 Å². The maximum Gasteiger partial charge on any atom is 0.125 e. The number of nitrogens with two attached hydrogens (primary N) is 2. The molecular formula is C21H26AsN9O5S3. The summed E-state index contributed by atoms with van der Waals surface area (Å²) in [5.74, 6) is -1.52. The number of carbonyl (C=O) groups excluding carboxylic acids is 2. The standard InChI is InChI=1S/C21H26AsN9O5S3/c1-3-5-30-11(24)6-10(23)25-21(30)38-8-9-7-37-18-13(17(33)31(18)14(9)19(34)35)26-16(32)12(28-36-4-2)15-27-20(22)39-29-15/h3,6,11,13,18H,1,4-5,7-8,22-24H2,2H3,(H,26,32)(H,34,35)/b28-12-/t11?,13?,18-/m0/s1. The molecule has 208 valence electrons. The molecule has 3 unspecified atom stereocenters. The Morgan fingerprint density at radius 2 is 2.26 bits per heavy atom. The van der Waals surface area contributed by atoms with Crippen LogP contribution in [-0.2, 0) is 19.2 Å². The van der Waals surface area contributed by atoms with Crippen LogP contribution in [0.5, 0.6) is 0 Å². The number of thioether (sulfide) groups is 2. The van der Waals surface area contributed by atoms with E-state index in [9.17, 15) is 19.5 Å². The van der Waals surface area contributed by atoms with Crippen LogP contribution in [0.2, 0.25) is 0 Å². The number of nitrogens with one attached hydrogen (secondary N) is 1. The van der Waals surface area contributed by atoms with Gasteiger partial charge < -0.3 is 16.4 Å². The number of hydrogen-bond acceptors (Lipinski definition) is 14. The molecule has 14 nitrogen and oxygen atoms in total. The van der Waals surface area contributed by atoms with E-state index in [1.807, 2.05) is 0 Å². The van der Waals surface area contributed by atoms with E-state index >= 15 is 0 Å². The number of β-lactam (4-membered cyclic amide) rings is 1. The molecule has 0 spiro atoms. The third-order valence-corrected chi connectivity index (χ3v) is 9.46. The number of rotatable bonds is 10. The molecule has 39 heavy (non-hydrogen) atoms. The van der Waals surface area contributed by atoms with Crippen LogP contribution < -0.4 is 20.6 Å². The smallest absolute Gasteiger partial charge is 0.125 e. The fourth-order valence-corrected chi connectivity index (χ4v) is 7.43. The molecule has 2 amide bonds. The van der Waals surface area contributed by atoms with Gasteiger partial charge in [0.05, 0.1) is 0 Å². The van der Waals surface area contributed by atoms with Gasteiger partial charge in [0, 0.05) is 6.54 Å². The van der Waals surface area contributed by atoms with Crippen LogP contribution in [0.1, 0.15) is 12.7 Å². The summed E-state index contributed by atoms with van der Waals surface area (Å²) in [6.45, 7) is 6.09. The Hall–Kier alpha value is -2.85. The van der Waals surface area contributed by atoms with Crippen molar-refractivity contribution < 1.29 is 24.3 Å². The van der Waals surface area contributed by atoms with E-state index in [0.717, 1.165) is 11.5 Å². The quantitative estimate of drug-likeness (QED) is 0.0708. The number of aliphatic carboxylic acids is 1. The first-order chi connectivity index (χ1) is 18.7. The predicted molar refractivity (Wildman–Crippen MR) is 153 cm³/mol. The number of amides is 2. The molecule has 3 aliphatic rings. The predicted octanol–water partition coefficient (Wildman–Crippen LogP) is -2.05. The molecule has 0 radical (unpaired) electrons. The number of amidine groups is 1. The molecule has 4 rings (SSSR count). The van der Waals surface area contributed by atoms with E-state index in [1.54, 1.807) is 24.0 Å². The Balaban J connectivity index is 1.49. The van der Waals surface area contributed by atoms with Gasteiger partial charge in [0.15, 0.2) is 5.17 Å². The zero-order valence-electron chi connectivity index (χ0n) is 20.6. The van der Waals surface area contributed by atoms with Gasteiger partial charge in [0.2, 0.25) is 0 Å². The van der Waals surface area contributed by atoms with Crippen LogP contribution in [0.3, 0.4) is 0 Å². The topological polar surface area (TPSA) is 202 Å². The molecule has 0 saturated carbocycles. The van der Waals surface area contributed by atoms with Gasteiger partial charge in [-0.25, -0.2) is 4.99 Å². The number of aromatic nitrogens is 2. The summed E-state index contributed by atoms with van der Waals surface area (Å²) in [5, 5.41) is 16.4. The van der Waals surface area contributed by atoms with Gasteiger partial charge in [-0.15, -0.1) is 6.58 Å². The normalized spacial score (nSPS) is 23.0. The van der Waals surface area contributed by atoms with Crippen LogP contribution in [0.4, 0.5) is 0 Å². The van der Waals surface area contributed by atoms with Crippen molar-refractivity contribution in [2.24, 2.45) is 21.6 Å². The van der Waals surface area contributed by atoms with Crippen molar-refractivity contribution in [2.75, 3.05) is 24.7 Å². The second-order valence-electron chi connectivity index (χ2n) is 8.14. The number of oxime groups is 1. The molecule has 18 heteroatoms. The van der Waals surface area contributed by atoms with E-state index in [-0.39, 0.29) is 35.4 Å². The fourth-order valence-electron chi connectivity index (χ4n) is 3.86. The third-order valence-electron chi connectivity index (χ3n) is 5.56. The number of carboxylic acid groups (broad SMARTS) is 1. The Morgan fingerprint density at radius 3 is 2.90 bits per heavy atom. The molecule has 0 aromatic carbocycles. The summed E-state index contributed by atoms with van der Waals surface area (Å²) < 4.78 is 4.81. The molecule has 0 aliphatic carbocycles. The third kappa shape index (κ3) is 6.17. The zero-order valence-corrected chi connectivity index (χ0v) is 25.5. The minimum Gasteiger partial charge on any atom is -0.384 e. The first-order valence-corrected chi connectivity index (χ1v) is 15.5. The summed E-state index contributed by atoms with van der Waals surface area (Å²) in [5.41, 5.74) is 12.3. The van der Waals surface area contributed by atoms with E-state index in [2.05, 4.69) is 31.4 Å². The van der Waals surface area contributed by atoms with E-state index in [4.69, 9.17) is 16.3 Å². The Morgan fingerprint density at radius 1 is 1.49 bits per heavy atom.